The maximum Gasteiger partial charge on any atom is 0.270 e. The number of hydrogen-bond acceptors (Lipinski definition) is 4. The van der Waals surface area contributed by atoms with Crippen LogP contribution in [0.5, 0.6) is 0 Å². The summed E-state index contributed by atoms with van der Waals surface area (Å²) in [7, 11) is 0. The molecule has 1 amide bonds. The van der Waals surface area contributed by atoms with Crippen LogP contribution in [0, 0.1) is 18.3 Å². The summed E-state index contributed by atoms with van der Waals surface area (Å²) < 4.78 is 1.34. The number of nitrogens with zero attached hydrogens (tertiary/aromatic N) is 3. The molecule has 2 heterocycles. The normalized spacial score (nSPS) is 16.4. The molecule has 2 aromatic heterocycles. The van der Waals surface area contributed by atoms with Gasteiger partial charge in [0.05, 0.1) is 6.07 Å². The van der Waals surface area contributed by atoms with Gasteiger partial charge in [-0.15, -0.1) is 0 Å². The third-order valence-electron chi connectivity index (χ3n) is 4.13. The predicted octanol–water partition coefficient (Wildman–Crippen LogP) is 1.57. The maximum atomic E-state index is 12.4. The zero-order valence-corrected chi connectivity index (χ0v) is 12.3. The van der Waals surface area contributed by atoms with Crippen LogP contribution in [0.25, 0.3) is 5.65 Å². The highest BCUT2D eigenvalue weighted by atomic mass is 16.2. The van der Waals surface area contributed by atoms with Gasteiger partial charge in [-0.3, -0.25) is 14.0 Å². The minimum absolute atomic E-state index is 0.0390. The molecule has 3 rings (SSSR count). The van der Waals surface area contributed by atoms with E-state index in [2.05, 4.69) is 16.4 Å². The van der Waals surface area contributed by atoms with Crippen molar-refractivity contribution in [3.8, 4) is 6.07 Å². The molecular weight excluding hydrogens is 280 g/mol. The van der Waals surface area contributed by atoms with Gasteiger partial charge in [0.1, 0.15) is 16.7 Å². The molecule has 0 aliphatic heterocycles. The molecule has 1 aliphatic rings. The number of fused-ring (bicyclic) bond motifs is 1. The molecule has 0 spiro atoms. The van der Waals surface area contributed by atoms with Crippen LogP contribution in [-0.4, -0.2) is 20.8 Å². The Bertz CT molecular complexity index is 841. The summed E-state index contributed by atoms with van der Waals surface area (Å²) in [6.07, 6.45) is 5.94. The lowest BCUT2D eigenvalue weighted by molar-refractivity contribution is 0.0918. The molecule has 112 valence electrons. The van der Waals surface area contributed by atoms with Gasteiger partial charge in [0, 0.05) is 12.4 Å². The van der Waals surface area contributed by atoms with Gasteiger partial charge in [-0.1, -0.05) is 0 Å². The first-order chi connectivity index (χ1) is 10.5. The maximum absolute atomic E-state index is 12.4. The number of rotatable bonds is 2. The van der Waals surface area contributed by atoms with E-state index in [1.807, 2.05) is 6.92 Å². The summed E-state index contributed by atoms with van der Waals surface area (Å²) in [6, 6.07) is 5.74. The third-order valence-corrected chi connectivity index (χ3v) is 4.13. The second-order valence-electron chi connectivity index (χ2n) is 5.76. The first-order valence-corrected chi connectivity index (χ1v) is 7.26. The second kappa shape index (κ2) is 5.26. The Balaban J connectivity index is 1.98. The van der Waals surface area contributed by atoms with Crippen molar-refractivity contribution in [1.82, 2.24) is 14.7 Å². The number of carbonyl (C=O) groups is 1. The van der Waals surface area contributed by atoms with Crippen molar-refractivity contribution in [2.24, 2.45) is 0 Å². The van der Waals surface area contributed by atoms with Gasteiger partial charge >= 0.3 is 0 Å². The minimum Gasteiger partial charge on any atom is -0.333 e. The van der Waals surface area contributed by atoms with Gasteiger partial charge < -0.3 is 5.32 Å². The van der Waals surface area contributed by atoms with Gasteiger partial charge in [-0.2, -0.15) is 5.26 Å². The quantitative estimate of drug-likeness (QED) is 0.911. The van der Waals surface area contributed by atoms with Crippen LogP contribution in [0.2, 0.25) is 0 Å². The van der Waals surface area contributed by atoms with Crippen LogP contribution in [0.3, 0.4) is 0 Å². The topological polar surface area (TPSA) is 87.3 Å². The van der Waals surface area contributed by atoms with Gasteiger partial charge in [0.2, 0.25) is 0 Å². The Hall–Kier alpha value is -2.68. The fourth-order valence-corrected chi connectivity index (χ4v) is 2.86. The molecule has 0 atom stereocenters. The molecule has 22 heavy (non-hydrogen) atoms. The number of carbonyl (C=O) groups excluding carboxylic acids is 1. The predicted molar refractivity (Wildman–Crippen MR) is 80.5 cm³/mol. The molecular formula is C16H16N4O2. The summed E-state index contributed by atoms with van der Waals surface area (Å²) in [5, 5.41) is 12.0. The van der Waals surface area contributed by atoms with Crippen molar-refractivity contribution < 1.29 is 4.79 Å². The molecule has 0 saturated heterocycles. The first-order valence-electron chi connectivity index (χ1n) is 7.26. The van der Waals surface area contributed by atoms with E-state index in [0.717, 1.165) is 18.4 Å². The van der Waals surface area contributed by atoms with E-state index >= 15 is 0 Å². The minimum atomic E-state index is -0.851. The van der Waals surface area contributed by atoms with Gasteiger partial charge in [-0.25, -0.2) is 4.98 Å². The fourth-order valence-electron chi connectivity index (χ4n) is 2.86. The summed E-state index contributed by atoms with van der Waals surface area (Å²) in [4.78, 5) is 29.0. The number of pyridine rings is 1. The molecule has 6 nitrogen and oxygen atoms in total. The Morgan fingerprint density at radius 1 is 1.45 bits per heavy atom. The first kappa shape index (κ1) is 14.3. The molecule has 0 aromatic carbocycles. The van der Waals surface area contributed by atoms with Crippen LogP contribution in [0.4, 0.5) is 0 Å². The second-order valence-corrected chi connectivity index (χ2v) is 5.76. The Morgan fingerprint density at radius 3 is 2.86 bits per heavy atom. The van der Waals surface area contributed by atoms with Crippen molar-refractivity contribution in [2.75, 3.05) is 0 Å². The van der Waals surface area contributed by atoms with Crippen LogP contribution in [0.1, 0.15) is 41.6 Å². The molecule has 1 aliphatic carbocycles. The standard InChI is InChI=1S/C16H16N4O2/c1-11-4-7-20-13(8-11)18-9-12(15(20)22)14(21)19-16(10-17)5-2-3-6-16/h4,7-9H,2-3,5-6H2,1H3,(H,19,21). The zero-order valence-electron chi connectivity index (χ0n) is 12.3. The monoisotopic (exact) mass is 296 g/mol. The van der Waals surface area contributed by atoms with Gasteiger partial charge in [-0.05, 0) is 50.3 Å². The Kier molecular flexibility index (Phi) is 3.41. The molecule has 2 aromatic rings. The molecule has 1 fully saturated rings. The van der Waals surface area contributed by atoms with E-state index < -0.39 is 17.0 Å². The summed E-state index contributed by atoms with van der Waals surface area (Å²) in [5.74, 6) is -0.532. The molecule has 1 saturated carbocycles. The number of amides is 1. The van der Waals surface area contributed by atoms with Gasteiger partial charge in [0.15, 0.2) is 0 Å². The highest BCUT2D eigenvalue weighted by molar-refractivity contribution is 5.94. The average molecular weight is 296 g/mol. The smallest absolute Gasteiger partial charge is 0.270 e. The van der Waals surface area contributed by atoms with Crippen molar-refractivity contribution in [3.05, 3.63) is 46.0 Å². The van der Waals surface area contributed by atoms with E-state index in [-0.39, 0.29) is 5.56 Å². The lowest BCUT2D eigenvalue weighted by Crippen LogP contribution is -2.46. The van der Waals surface area contributed by atoms with Crippen LogP contribution in [-0.2, 0) is 0 Å². The Labute approximate surface area is 127 Å². The summed E-state index contributed by atoms with van der Waals surface area (Å²) >= 11 is 0. The van der Waals surface area contributed by atoms with Crippen LogP contribution < -0.4 is 10.9 Å². The van der Waals surface area contributed by atoms with E-state index in [4.69, 9.17) is 0 Å². The summed E-state index contributed by atoms with van der Waals surface area (Å²) in [6.45, 7) is 1.91. The fraction of sp³-hybridized carbons (Fsp3) is 0.375. The van der Waals surface area contributed by atoms with E-state index in [9.17, 15) is 14.9 Å². The van der Waals surface area contributed by atoms with Crippen molar-refractivity contribution in [3.63, 3.8) is 0 Å². The number of aromatic nitrogens is 2. The van der Waals surface area contributed by atoms with E-state index in [1.54, 1.807) is 18.3 Å². The highest BCUT2D eigenvalue weighted by Gasteiger charge is 2.36. The van der Waals surface area contributed by atoms with Gasteiger partial charge in [0.25, 0.3) is 11.5 Å². The zero-order chi connectivity index (χ0) is 15.7. The number of nitriles is 1. The van der Waals surface area contributed by atoms with Crippen LogP contribution >= 0.6 is 0 Å². The molecule has 6 heteroatoms. The third kappa shape index (κ3) is 2.35. The van der Waals surface area contributed by atoms with Crippen molar-refractivity contribution in [1.29, 1.82) is 5.26 Å². The highest BCUT2D eigenvalue weighted by Crippen LogP contribution is 2.29. The molecule has 0 unspecified atom stereocenters. The van der Waals surface area contributed by atoms with E-state index in [0.29, 0.717) is 18.5 Å². The largest absolute Gasteiger partial charge is 0.333 e. The molecule has 0 radical (unpaired) electrons. The lowest BCUT2D eigenvalue weighted by Gasteiger charge is -2.21. The number of aryl methyl sites for hydroxylation is 1. The lowest BCUT2D eigenvalue weighted by atomic mass is 9.99. The van der Waals surface area contributed by atoms with Crippen molar-refractivity contribution in [2.45, 2.75) is 38.1 Å². The van der Waals surface area contributed by atoms with E-state index in [1.165, 1.54) is 10.6 Å². The molecule has 0 bridgehead atoms. The number of nitrogens with one attached hydrogen (secondary N) is 1. The Morgan fingerprint density at radius 2 is 2.18 bits per heavy atom. The average Bonchev–Trinajstić information content (AvgIpc) is 2.96. The number of hydrogen-bond donors (Lipinski definition) is 1. The SMILES string of the molecule is Cc1ccn2c(=O)c(C(=O)NC3(C#N)CCCC3)cnc2c1. The van der Waals surface area contributed by atoms with Crippen LogP contribution in [0.15, 0.2) is 29.3 Å². The van der Waals surface area contributed by atoms with Crippen molar-refractivity contribution >= 4 is 11.6 Å². The summed E-state index contributed by atoms with van der Waals surface area (Å²) in [5.41, 5.74) is 0.170. The molecule has 1 N–H and O–H groups in total.